The number of aryl methyl sites for hydroxylation is 1. The molecule has 0 saturated carbocycles. The van der Waals surface area contributed by atoms with Gasteiger partial charge in [0.05, 0.1) is 26.8 Å². The Morgan fingerprint density at radius 3 is 2.87 bits per heavy atom. The van der Waals surface area contributed by atoms with Gasteiger partial charge in [-0.25, -0.2) is 4.98 Å². The monoisotopic (exact) mass is 298 g/mol. The number of thiophene rings is 1. The first-order chi connectivity index (χ1) is 7.20. The van der Waals surface area contributed by atoms with Crippen molar-refractivity contribution < 1.29 is 0 Å². The van der Waals surface area contributed by atoms with E-state index in [-0.39, 0.29) is 0 Å². The van der Waals surface area contributed by atoms with Crippen LogP contribution in [-0.4, -0.2) is 4.98 Å². The van der Waals surface area contributed by atoms with Gasteiger partial charge in [0, 0.05) is 4.88 Å². The highest BCUT2D eigenvalue weighted by molar-refractivity contribution is 9.11. The van der Waals surface area contributed by atoms with Gasteiger partial charge in [0.2, 0.25) is 0 Å². The van der Waals surface area contributed by atoms with Gasteiger partial charge in [0.1, 0.15) is 5.01 Å². The molecular weight excluding hydrogens is 292 g/mol. The predicted octanol–water partition coefficient (Wildman–Crippen LogP) is 4.01. The third kappa shape index (κ3) is 2.28. The molecule has 0 bridgehead atoms. The molecule has 15 heavy (non-hydrogen) atoms. The number of thiazole rings is 1. The van der Waals surface area contributed by atoms with E-state index < -0.39 is 0 Å². The second-order valence-electron chi connectivity index (χ2n) is 2.97. The molecule has 76 valence electrons. The molecule has 0 aromatic carbocycles. The second kappa shape index (κ2) is 4.44. The van der Waals surface area contributed by atoms with Gasteiger partial charge in [0.15, 0.2) is 0 Å². The van der Waals surface area contributed by atoms with E-state index in [2.05, 4.69) is 27.0 Å². The molecular formula is C10H7BrN2S2. The van der Waals surface area contributed by atoms with Gasteiger partial charge in [-0.05, 0) is 35.0 Å². The lowest BCUT2D eigenvalue weighted by Crippen LogP contribution is -1.79. The third-order valence-corrected chi connectivity index (χ3v) is 4.87. The largest absolute Gasteiger partial charge is 0.240 e. The van der Waals surface area contributed by atoms with E-state index in [1.54, 1.807) is 22.7 Å². The van der Waals surface area contributed by atoms with Gasteiger partial charge < -0.3 is 0 Å². The molecule has 2 rings (SSSR count). The maximum absolute atomic E-state index is 8.65. The molecule has 2 heterocycles. The highest BCUT2D eigenvalue weighted by Crippen LogP contribution is 2.35. The van der Waals surface area contributed by atoms with Gasteiger partial charge in [-0.2, -0.15) is 5.26 Å². The molecule has 0 saturated heterocycles. The lowest BCUT2D eigenvalue weighted by atomic mass is 10.3. The summed E-state index contributed by atoms with van der Waals surface area (Å²) in [7, 11) is 0. The number of rotatable bonds is 2. The zero-order valence-corrected chi connectivity index (χ0v) is 11.2. The van der Waals surface area contributed by atoms with Crippen LogP contribution in [-0.2, 0) is 6.42 Å². The molecule has 5 heteroatoms. The second-order valence-corrected chi connectivity index (χ2v) is 6.51. The highest BCUT2D eigenvalue weighted by Gasteiger charge is 2.10. The molecule has 0 radical (unpaired) electrons. The van der Waals surface area contributed by atoms with Crippen molar-refractivity contribution in [2.24, 2.45) is 0 Å². The Hall–Kier alpha value is -0.700. The zero-order valence-electron chi connectivity index (χ0n) is 7.95. The number of aromatic nitrogens is 1. The summed E-state index contributed by atoms with van der Waals surface area (Å²) in [5.74, 6) is 0. The molecule has 0 fully saturated rings. The fourth-order valence-electron chi connectivity index (χ4n) is 1.20. The molecule has 0 amide bonds. The predicted molar refractivity (Wildman–Crippen MR) is 67.2 cm³/mol. The first-order valence-corrected chi connectivity index (χ1v) is 6.72. The van der Waals surface area contributed by atoms with E-state index in [0.717, 1.165) is 24.2 Å². The number of nitriles is 1. The van der Waals surface area contributed by atoms with Crippen molar-refractivity contribution in [1.29, 1.82) is 5.26 Å². The fourth-order valence-corrected chi connectivity index (χ4v) is 3.63. The number of hydrogen-bond acceptors (Lipinski definition) is 4. The molecule has 0 spiro atoms. The lowest BCUT2D eigenvalue weighted by molar-refractivity contribution is 1.19. The third-order valence-electron chi connectivity index (χ3n) is 1.92. The van der Waals surface area contributed by atoms with Crippen molar-refractivity contribution in [2.75, 3.05) is 0 Å². The molecule has 0 atom stereocenters. The van der Waals surface area contributed by atoms with Crippen LogP contribution in [0.1, 0.15) is 10.6 Å². The van der Waals surface area contributed by atoms with Crippen LogP contribution in [0.5, 0.6) is 0 Å². The summed E-state index contributed by atoms with van der Waals surface area (Å²) in [6, 6.07) is 6.22. The average molecular weight is 299 g/mol. The van der Waals surface area contributed by atoms with Crippen molar-refractivity contribution in [1.82, 2.24) is 4.98 Å². The smallest absolute Gasteiger partial charge is 0.133 e. The van der Waals surface area contributed by atoms with Crippen molar-refractivity contribution in [3.8, 4) is 16.0 Å². The quantitative estimate of drug-likeness (QED) is 0.840. The van der Waals surface area contributed by atoms with Crippen molar-refractivity contribution >= 4 is 38.6 Å². The average Bonchev–Trinajstić information content (AvgIpc) is 2.75. The van der Waals surface area contributed by atoms with E-state index in [0.29, 0.717) is 6.42 Å². The van der Waals surface area contributed by atoms with Crippen LogP contribution >= 0.6 is 38.6 Å². The van der Waals surface area contributed by atoms with Gasteiger partial charge in [0.25, 0.3) is 0 Å². The normalized spacial score (nSPS) is 10.2. The van der Waals surface area contributed by atoms with Crippen molar-refractivity contribution in [2.45, 2.75) is 13.3 Å². The molecule has 0 aliphatic heterocycles. The van der Waals surface area contributed by atoms with Crippen molar-refractivity contribution in [3.05, 3.63) is 26.5 Å². The summed E-state index contributed by atoms with van der Waals surface area (Å²) in [6.45, 7) is 1.95. The Morgan fingerprint density at radius 2 is 2.27 bits per heavy atom. The number of halogens is 1. The summed E-state index contributed by atoms with van der Waals surface area (Å²) in [5.41, 5.74) is 0.973. The maximum Gasteiger partial charge on any atom is 0.133 e. The maximum atomic E-state index is 8.65. The Balaban J connectivity index is 2.38. The van der Waals surface area contributed by atoms with Gasteiger partial charge in [-0.3, -0.25) is 0 Å². The standard InChI is InChI=1S/C10H7BrN2S2/c1-6-7(4-5-12)15-10(13-6)8-2-3-9(11)14-8/h2-3H,4H2,1H3. The van der Waals surface area contributed by atoms with E-state index in [1.165, 1.54) is 0 Å². The van der Waals surface area contributed by atoms with Crippen LogP contribution in [0.25, 0.3) is 9.88 Å². The molecule has 2 nitrogen and oxygen atoms in total. The minimum atomic E-state index is 0.454. The van der Waals surface area contributed by atoms with E-state index in [9.17, 15) is 0 Å². The minimum absolute atomic E-state index is 0.454. The Labute approximate surface area is 104 Å². The number of hydrogen-bond donors (Lipinski definition) is 0. The first-order valence-electron chi connectivity index (χ1n) is 4.29. The molecule has 0 unspecified atom stereocenters. The Kier molecular flexibility index (Phi) is 3.19. The number of nitrogens with zero attached hydrogens (tertiary/aromatic N) is 2. The van der Waals surface area contributed by atoms with E-state index >= 15 is 0 Å². The SMILES string of the molecule is Cc1nc(-c2ccc(Br)s2)sc1CC#N. The summed E-state index contributed by atoms with van der Waals surface area (Å²) < 4.78 is 1.10. The van der Waals surface area contributed by atoms with Crippen LogP contribution in [0.4, 0.5) is 0 Å². The molecule has 0 N–H and O–H groups in total. The zero-order chi connectivity index (χ0) is 10.8. The van der Waals surface area contributed by atoms with Gasteiger partial charge in [-0.15, -0.1) is 22.7 Å². The molecule has 0 aliphatic carbocycles. The first kappa shape index (κ1) is 10.8. The summed E-state index contributed by atoms with van der Waals surface area (Å²) in [5, 5.41) is 9.66. The summed E-state index contributed by atoms with van der Waals surface area (Å²) >= 11 is 6.70. The van der Waals surface area contributed by atoms with Crippen LogP contribution in [0.3, 0.4) is 0 Å². The molecule has 2 aromatic heterocycles. The molecule has 2 aromatic rings. The summed E-state index contributed by atoms with van der Waals surface area (Å²) in [6.07, 6.45) is 0.454. The van der Waals surface area contributed by atoms with Crippen LogP contribution in [0.15, 0.2) is 15.9 Å². The van der Waals surface area contributed by atoms with Crippen LogP contribution in [0.2, 0.25) is 0 Å². The van der Waals surface area contributed by atoms with E-state index in [4.69, 9.17) is 5.26 Å². The topological polar surface area (TPSA) is 36.7 Å². The minimum Gasteiger partial charge on any atom is -0.240 e. The highest BCUT2D eigenvalue weighted by atomic mass is 79.9. The Morgan fingerprint density at radius 1 is 1.47 bits per heavy atom. The fraction of sp³-hybridized carbons (Fsp3) is 0.200. The van der Waals surface area contributed by atoms with E-state index in [1.807, 2.05) is 19.1 Å². The van der Waals surface area contributed by atoms with Gasteiger partial charge in [-0.1, -0.05) is 0 Å². The summed E-state index contributed by atoms with van der Waals surface area (Å²) in [4.78, 5) is 6.69. The lowest BCUT2D eigenvalue weighted by Gasteiger charge is -1.85. The van der Waals surface area contributed by atoms with Gasteiger partial charge >= 0.3 is 0 Å². The Bertz CT molecular complexity index is 522. The van der Waals surface area contributed by atoms with Crippen LogP contribution in [0, 0.1) is 18.3 Å². The van der Waals surface area contributed by atoms with Crippen molar-refractivity contribution in [3.63, 3.8) is 0 Å². The van der Waals surface area contributed by atoms with Crippen LogP contribution < -0.4 is 0 Å². The molecule has 0 aliphatic rings.